The number of hydrogen-bond donors (Lipinski definition) is 1. The van der Waals surface area contributed by atoms with Gasteiger partial charge in [0.2, 0.25) is 0 Å². The van der Waals surface area contributed by atoms with Crippen LogP contribution in [0.4, 0.5) is 0 Å². The number of aromatic nitrogens is 2. The van der Waals surface area contributed by atoms with Gasteiger partial charge in [-0.2, -0.15) is 0 Å². The van der Waals surface area contributed by atoms with E-state index in [1.807, 2.05) is 12.1 Å². The Bertz CT molecular complexity index is 1060. The minimum absolute atomic E-state index is 0.150. The van der Waals surface area contributed by atoms with E-state index in [9.17, 15) is 9.90 Å². The van der Waals surface area contributed by atoms with Gasteiger partial charge < -0.3 is 24.0 Å². The molecule has 156 valence electrons. The number of rotatable bonds is 5. The fourth-order valence-corrected chi connectivity index (χ4v) is 3.71. The van der Waals surface area contributed by atoms with Crippen LogP contribution in [0.3, 0.4) is 0 Å². The number of carbonyl (C=O) groups excluding carboxylic acids is 1. The molecule has 1 aromatic carbocycles. The van der Waals surface area contributed by atoms with Gasteiger partial charge in [0.1, 0.15) is 17.4 Å². The molecule has 0 spiro atoms. The predicted octanol–water partition coefficient (Wildman–Crippen LogP) is 3.01. The van der Waals surface area contributed by atoms with Crippen LogP contribution in [0.5, 0.6) is 11.5 Å². The molecule has 2 aromatic heterocycles. The number of aliphatic hydroxyl groups excluding tert-OH is 1. The zero-order chi connectivity index (χ0) is 21.3. The minimum Gasteiger partial charge on any atom is -0.493 e. The fourth-order valence-electron chi connectivity index (χ4n) is 3.71. The lowest BCUT2D eigenvalue weighted by molar-refractivity contribution is 0.0723. The summed E-state index contributed by atoms with van der Waals surface area (Å²) in [5.74, 6) is 1.20. The molecule has 1 N–H and O–H groups in total. The Kier molecular flexibility index (Phi) is 5.41. The smallest absolute Gasteiger partial charge is 0.260 e. The van der Waals surface area contributed by atoms with Crippen molar-refractivity contribution in [3.8, 4) is 22.8 Å². The van der Waals surface area contributed by atoms with Crippen LogP contribution in [0.1, 0.15) is 40.3 Å². The molecule has 3 heterocycles. The molecule has 8 heteroatoms. The number of ether oxygens (including phenoxy) is 2. The molecule has 30 heavy (non-hydrogen) atoms. The third-order valence-corrected chi connectivity index (χ3v) is 5.25. The zero-order valence-corrected chi connectivity index (χ0v) is 17.1. The Hall–Kier alpha value is -3.39. The molecule has 0 saturated carbocycles. The van der Waals surface area contributed by atoms with Crippen LogP contribution in [-0.4, -0.2) is 46.8 Å². The molecule has 1 atom stereocenters. The van der Waals surface area contributed by atoms with Gasteiger partial charge >= 0.3 is 0 Å². The summed E-state index contributed by atoms with van der Waals surface area (Å²) in [6, 6.07) is 7.42. The van der Waals surface area contributed by atoms with Crippen LogP contribution < -0.4 is 9.47 Å². The van der Waals surface area contributed by atoms with Crippen molar-refractivity contribution in [1.29, 1.82) is 0 Å². The minimum atomic E-state index is -0.969. The second-order valence-electron chi connectivity index (χ2n) is 7.14. The van der Waals surface area contributed by atoms with Crippen molar-refractivity contribution in [2.45, 2.75) is 26.0 Å². The molecular formula is C22H23N3O5. The molecule has 0 saturated heterocycles. The van der Waals surface area contributed by atoms with E-state index in [0.717, 1.165) is 11.1 Å². The molecule has 1 aliphatic rings. The number of nitrogens with zero attached hydrogens (tertiary/aromatic N) is 3. The first kappa shape index (κ1) is 19.9. The van der Waals surface area contributed by atoms with Crippen molar-refractivity contribution in [2.75, 3.05) is 20.8 Å². The summed E-state index contributed by atoms with van der Waals surface area (Å²) >= 11 is 0. The van der Waals surface area contributed by atoms with Gasteiger partial charge in [0.15, 0.2) is 17.3 Å². The molecule has 3 aromatic rings. The van der Waals surface area contributed by atoms with E-state index in [0.29, 0.717) is 42.3 Å². The molecule has 4 rings (SSSR count). The Morgan fingerprint density at radius 3 is 2.60 bits per heavy atom. The maximum Gasteiger partial charge on any atom is 0.260 e. The normalized spacial score (nSPS) is 14.2. The predicted molar refractivity (Wildman–Crippen MR) is 108 cm³/mol. The van der Waals surface area contributed by atoms with E-state index < -0.39 is 6.10 Å². The average molecular weight is 409 g/mol. The third-order valence-electron chi connectivity index (χ3n) is 5.25. The van der Waals surface area contributed by atoms with E-state index in [4.69, 9.17) is 14.0 Å². The first-order valence-electron chi connectivity index (χ1n) is 9.64. The van der Waals surface area contributed by atoms with E-state index in [-0.39, 0.29) is 17.2 Å². The number of amides is 1. The molecular weight excluding hydrogens is 386 g/mol. The quantitative estimate of drug-likeness (QED) is 0.692. The summed E-state index contributed by atoms with van der Waals surface area (Å²) in [5.41, 5.74) is 3.40. The van der Waals surface area contributed by atoms with E-state index in [1.54, 1.807) is 50.6 Å². The van der Waals surface area contributed by atoms with Gasteiger partial charge in [-0.05, 0) is 48.7 Å². The van der Waals surface area contributed by atoms with E-state index in [1.165, 1.54) is 0 Å². The van der Waals surface area contributed by atoms with Gasteiger partial charge in [-0.3, -0.25) is 9.78 Å². The van der Waals surface area contributed by atoms with Gasteiger partial charge in [0.05, 0.1) is 14.2 Å². The molecule has 0 aliphatic carbocycles. The summed E-state index contributed by atoms with van der Waals surface area (Å²) in [7, 11) is 3.19. The Balaban J connectivity index is 1.70. The number of aliphatic hydroxyl groups is 1. The maximum absolute atomic E-state index is 13.5. The average Bonchev–Trinajstić information content (AvgIpc) is 3.23. The summed E-state index contributed by atoms with van der Waals surface area (Å²) < 4.78 is 16.1. The lowest BCUT2D eigenvalue weighted by Crippen LogP contribution is -2.36. The summed E-state index contributed by atoms with van der Waals surface area (Å²) in [6.45, 7) is 2.48. The number of hydrogen-bond acceptors (Lipinski definition) is 7. The van der Waals surface area contributed by atoms with Crippen molar-refractivity contribution < 1.29 is 23.9 Å². The second-order valence-corrected chi connectivity index (χ2v) is 7.14. The molecule has 8 nitrogen and oxygen atoms in total. The van der Waals surface area contributed by atoms with Gasteiger partial charge in [0, 0.05) is 31.0 Å². The second kappa shape index (κ2) is 8.16. The third kappa shape index (κ3) is 3.50. The van der Waals surface area contributed by atoms with Crippen LogP contribution >= 0.6 is 0 Å². The van der Waals surface area contributed by atoms with Crippen LogP contribution in [0, 0.1) is 0 Å². The van der Waals surface area contributed by atoms with Crippen molar-refractivity contribution in [3.05, 3.63) is 59.1 Å². The number of pyridine rings is 1. The SMILES string of the molecule is COc1cc2c(cc1OC)CN(C(=O)c1c(-c3cccnc3)noc1[C@H](C)O)CC2. The van der Waals surface area contributed by atoms with Gasteiger partial charge in [-0.25, -0.2) is 0 Å². The molecule has 0 bridgehead atoms. The highest BCUT2D eigenvalue weighted by molar-refractivity contribution is 6.01. The van der Waals surface area contributed by atoms with Crippen LogP contribution in [-0.2, 0) is 13.0 Å². The van der Waals surface area contributed by atoms with Gasteiger partial charge in [0.25, 0.3) is 5.91 Å². The first-order valence-corrected chi connectivity index (χ1v) is 9.64. The molecule has 0 radical (unpaired) electrons. The number of fused-ring (bicyclic) bond motifs is 1. The highest BCUT2D eigenvalue weighted by atomic mass is 16.5. The van der Waals surface area contributed by atoms with Gasteiger partial charge in [-0.1, -0.05) is 5.16 Å². The molecule has 0 fully saturated rings. The van der Waals surface area contributed by atoms with Crippen molar-refractivity contribution in [3.63, 3.8) is 0 Å². The standard InChI is InChI=1S/C22H23N3O5/c1-13(26)21-19(20(24-30-21)15-5-4-7-23-11-15)22(27)25-8-6-14-9-17(28-2)18(29-3)10-16(14)12-25/h4-5,7,9-11,13,26H,6,8,12H2,1-3H3/t13-/m0/s1. The van der Waals surface area contributed by atoms with Crippen LogP contribution in [0.15, 0.2) is 41.2 Å². The zero-order valence-electron chi connectivity index (χ0n) is 17.1. The summed E-state index contributed by atoms with van der Waals surface area (Å²) in [4.78, 5) is 19.3. The van der Waals surface area contributed by atoms with E-state index in [2.05, 4.69) is 10.1 Å². The topological polar surface area (TPSA) is 97.9 Å². The van der Waals surface area contributed by atoms with Gasteiger partial charge in [-0.15, -0.1) is 0 Å². The van der Waals surface area contributed by atoms with E-state index >= 15 is 0 Å². The van der Waals surface area contributed by atoms with Crippen molar-refractivity contribution in [1.82, 2.24) is 15.0 Å². The van der Waals surface area contributed by atoms with Crippen LogP contribution in [0.2, 0.25) is 0 Å². The summed E-state index contributed by atoms with van der Waals surface area (Å²) in [6.07, 6.45) is 2.97. The Morgan fingerprint density at radius 1 is 1.23 bits per heavy atom. The number of benzene rings is 1. The van der Waals surface area contributed by atoms with Crippen molar-refractivity contribution >= 4 is 5.91 Å². The van der Waals surface area contributed by atoms with Crippen LogP contribution in [0.25, 0.3) is 11.3 Å². The largest absolute Gasteiger partial charge is 0.493 e. The fraction of sp³-hybridized carbons (Fsp3) is 0.318. The van der Waals surface area contributed by atoms with Crippen molar-refractivity contribution in [2.24, 2.45) is 0 Å². The number of methoxy groups -OCH3 is 2. The highest BCUT2D eigenvalue weighted by Gasteiger charge is 2.32. The lowest BCUT2D eigenvalue weighted by Gasteiger charge is -2.30. The Morgan fingerprint density at radius 2 is 1.97 bits per heavy atom. The summed E-state index contributed by atoms with van der Waals surface area (Å²) in [5, 5.41) is 14.2. The lowest BCUT2D eigenvalue weighted by atomic mass is 9.97. The molecule has 0 unspecified atom stereocenters. The Labute approximate surface area is 174 Å². The first-order chi connectivity index (χ1) is 14.5. The molecule has 1 aliphatic heterocycles. The highest BCUT2D eigenvalue weighted by Crippen LogP contribution is 2.35. The number of carbonyl (C=O) groups is 1. The maximum atomic E-state index is 13.5. The molecule has 1 amide bonds. The monoisotopic (exact) mass is 409 g/mol.